The first-order chi connectivity index (χ1) is 17.0. The van der Waals surface area contributed by atoms with Crippen LogP contribution in [0, 0.1) is 0 Å². The first-order valence-electron chi connectivity index (χ1n) is 11.2. The lowest BCUT2D eigenvalue weighted by Crippen LogP contribution is -2.51. The van der Waals surface area contributed by atoms with E-state index in [0.717, 1.165) is 4.31 Å². The molecule has 10 nitrogen and oxygen atoms in total. The minimum atomic E-state index is -3.85. The number of fused-ring (bicyclic) bond motifs is 2. The lowest BCUT2D eigenvalue weighted by molar-refractivity contribution is -0.143. The van der Waals surface area contributed by atoms with Gasteiger partial charge in [-0.05, 0) is 24.6 Å². The zero-order valence-corrected chi connectivity index (χ0v) is 21.2. The van der Waals surface area contributed by atoms with E-state index in [1.54, 1.807) is 24.3 Å². The van der Waals surface area contributed by atoms with Gasteiger partial charge in [-0.1, -0.05) is 30.3 Å². The Morgan fingerprint density at radius 1 is 1.08 bits per heavy atom. The van der Waals surface area contributed by atoms with E-state index < -0.39 is 44.5 Å². The number of Topliss-reactive ketones (excluding diaryl/α,β-unsaturated/α-hetero) is 1. The van der Waals surface area contributed by atoms with Gasteiger partial charge in [-0.3, -0.25) is 14.4 Å². The molecule has 4 rings (SSSR count). The number of methoxy groups -OCH3 is 1. The number of aliphatic hydroxyl groups excluding tert-OH is 1. The van der Waals surface area contributed by atoms with Crippen molar-refractivity contribution in [3.05, 3.63) is 65.2 Å². The van der Waals surface area contributed by atoms with Gasteiger partial charge < -0.3 is 19.6 Å². The van der Waals surface area contributed by atoms with Crippen molar-refractivity contribution in [3.63, 3.8) is 0 Å². The predicted molar refractivity (Wildman–Crippen MR) is 132 cm³/mol. The summed E-state index contributed by atoms with van der Waals surface area (Å²) in [5, 5.41) is 11.5. The van der Waals surface area contributed by atoms with Crippen LogP contribution in [0.2, 0.25) is 0 Å². The highest BCUT2D eigenvalue weighted by Crippen LogP contribution is 2.53. The zero-order valence-electron chi connectivity index (χ0n) is 20.4. The number of likely N-dealkylation sites (N-methyl/N-ethyl adjacent to an activating group) is 1. The lowest BCUT2D eigenvalue weighted by Gasteiger charge is -2.34. The molecule has 0 unspecified atom stereocenters. The fraction of sp³-hybridized carbons (Fsp3) is 0.320. The average Bonchev–Trinajstić information content (AvgIpc) is 3.22. The molecule has 2 aromatic carbocycles. The molecule has 0 bridgehead atoms. The molecule has 2 aliphatic heterocycles. The number of aliphatic hydroxyl groups is 1. The highest BCUT2D eigenvalue weighted by molar-refractivity contribution is 7.89. The van der Waals surface area contributed by atoms with Crippen LogP contribution < -0.4 is 4.90 Å². The number of anilines is 1. The van der Waals surface area contributed by atoms with Crippen molar-refractivity contribution in [2.75, 3.05) is 46.3 Å². The van der Waals surface area contributed by atoms with Gasteiger partial charge in [0.2, 0.25) is 10.0 Å². The number of likely N-dealkylation sites (tertiary alicyclic amines) is 1. The van der Waals surface area contributed by atoms with Crippen molar-refractivity contribution in [3.8, 4) is 0 Å². The average molecular weight is 514 g/mol. The summed E-state index contributed by atoms with van der Waals surface area (Å²) in [7, 11) is 1.93. The minimum absolute atomic E-state index is 0.00738. The molecule has 190 valence electrons. The van der Waals surface area contributed by atoms with Crippen molar-refractivity contribution in [1.29, 1.82) is 0 Å². The Hall–Kier alpha value is -3.54. The number of carbonyl (C=O) groups excluding carboxylic acids is 3. The topological polar surface area (TPSA) is 125 Å². The Morgan fingerprint density at radius 2 is 1.78 bits per heavy atom. The smallest absolute Gasteiger partial charge is 0.296 e. The number of nitrogens with zero attached hydrogens (tertiary/aromatic N) is 3. The number of para-hydroxylation sites is 1. The number of rotatable bonds is 7. The summed E-state index contributed by atoms with van der Waals surface area (Å²) >= 11 is 0. The van der Waals surface area contributed by atoms with Crippen molar-refractivity contribution < 1.29 is 32.6 Å². The molecule has 0 radical (unpaired) electrons. The molecule has 1 spiro atoms. The van der Waals surface area contributed by atoms with Gasteiger partial charge in [-0.25, -0.2) is 12.7 Å². The van der Waals surface area contributed by atoms with Crippen LogP contribution in [-0.2, 0) is 34.7 Å². The van der Waals surface area contributed by atoms with Crippen LogP contribution in [0.1, 0.15) is 17.5 Å². The van der Waals surface area contributed by atoms with Crippen LogP contribution in [0.4, 0.5) is 5.69 Å². The number of ketones is 1. The van der Waals surface area contributed by atoms with E-state index in [2.05, 4.69) is 0 Å². The molecule has 1 saturated heterocycles. The quantitative estimate of drug-likeness (QED) is 0.258. The Morgan fingerprint density at radius 3 is 2.44 bits per heavy atom. The van der Waals surface area contributed by atoms with Gasteiger partial charge in [0.15, 0.2) is 5.54 Å². The van der Waals surface area contributed by atoms with Gasteiger partial charge in [0.05, 0.1) is 10.5 Å². The van der Waals surface area contributed by atoms with E-state index in [1.165, 1.54) is 62.3 Å². The Bertz CT molecular complexity index is 1400. The highest BCUT2D eigenvalue weighted by atomic mass is 32.2. The number of sulfonamides is 1. The third-order valence-electron chi connectivity index (χ3n) is 6.56. The minimum Gasteiger partial charge on any atom is -0.507 e. The first kappa shape index (κ1) is 25.5. The molecule has 2 aliphatic rings. The number of amides is 2. The normalized spacial score (nSPS) is 21.2. The van der Waals surface area contributed by atoms with Gasteiger partial charge >= 0.3 is 0 Å². The van der Waals surface area contributed by atoms with Crippen LogP contribution >= 0.6 is 0 Å². The second kappa shape index (κ2) is 9.16. The lowest BCUT2D eigenvalue weighted by atomic mass is 9.82. The summed E-state index contributed by atoms with van der Waals surface area (Å²) in [5.74, 6) is -3.15. The van der Waals surface area contributed by atoms with Crippen LogP contribution in [-0.4, -0.2) is 81.7 Å². The molecular formula is C25H27N3O7S. The maximum Gasteiger partial charge on any atom is 0.296 e. The third-order valence-corrected chi connectivity index (χ3v) is 8.37. The molecule has 0 aromatic heterocycles. The highest BCUT2D eigenvalue weighted by Gasteiger charge is 2.66. The third kappa shape index (κ3) is 3.54. The van der Waals surface area contributed by atoms with E-state index in [9.17, 15) is 27.9 Å². The van der Waals surface area contributed by atoms with Crippen LogP contribution in [0.3, 0.4) is 0 Å². The number of hydrogen-bond donors (Lipinski definition) is 1. The standard InChI is InChI=1S/C25H27N3O7S/c1-26(2)36(33,34)17-10-7-9-16(15-17)21(29)20-22(30)23(31)28(13-8-14-35-4)25(20)18-11-5-6-12-19(18)27(3)24(25)32/h5-7,9-12,15,29H,8,13-14H2,1-4H3/b21-20-/t25-/m0/s1. The van der Waals surface area contributed by atoms with Crippen molar-refractivity contribution in [2.24, 2.45) is 0 Å². The Labute approximate surface area is 209 Å². The van der Waals surface area contributed by atoms with Gasteiger partial charge in [0.25, 0.3) is 17.6 Å². The monoisotopic (exact) mass is 513 g/mol. The molecule has 2 heterocycles. The summed E-state index contributed by atoms with van der Waals surface area (Å²) in [6, 6.07) is 12.2. The van der Waals surface area contributed by atoms with E-state index >= 15 is 0 Å². The van der Waals surface area contributed by atoms with E-state index in [0.29, 0.717) is 17.7 Å². The molecule has 1 N–H and O–H groups in total. The van der Waals surface area contributed by atoms with E-state index in [-0.39, 0.29) is 23.6 Å². The number of benzene rings is 2. The molecule has 1 atom stereocenters. The summed E-state index contributed by atoms with van der Waals surface area (Å²) < 4.78 is 31.5. The summed E-state index contributed by atoms with van der Waals surface area (Å²) in [5.41, 5.74) is -1.42. The van der Waals surface area contributed by atoms with E-state index in [4.69, 9.17) is 4.74 Å². The second-order valence-electron chi connectivity index (χ2n) is 8.76. The predicted octanol–water partition coefficient (Wildman–Crippen LogP) is 1.53. The molecular weight excluding hydrogens is 486 g/mol. The van der Waals surface area contributed by atoms with Crippen LogP contribution in [0.5, 0.6) is 0 Å². The van der Waals surface area contributed by atoms with Gasteiger partial charge in [-0.2, -0.15) is 0 Å². The molecule has 2 aromatic rings. The summed E-state index contributed by atoms with van der Waals surface area (Å²) in [4.78, 5) is 43.0. The van der Waals surface area contributed by atoms with Crippen molar-refractivity contribution in [2.45, 2.75) is 16.9 Å². The number of ether oxygens (including phenoxy) is 1. The summed E-state index contributed by atoms with van der Waals surface area (Å²) in [6.45, 7) is 0.313. The van der Waals surface area contributed by atoms with Crippen molar-refractivity contribution >= 4 is 39.1 Å². The number of carbonyl (C=O) groups is 3. The molecule has 0 saturated carbocycles. The Kier molecular flexibility index (Phi) is 6.50. The van der Waals surface area contributed by atoms with Gasteiger partial charge in [0.1, 0.15) is 5.76 Å². The molecule has 2 amide bonds. The maximum absolute atomic E-state index is 13.9. The molecule has 1 fully saturated rings. The SMILES string of the molecule is COCCCN1C(=O)C(=O)/C(=C(/O)c2cccc(S(=O)(=O)N(C)C)c2)[C@@]12C(=O)N(C)c1ccccc12. The summed E-state index contributed by atoms with van der Waals surface area (Å²) in [6.07, 6.45) is 0.348. The van der Waals surface area contributed by atoms with Crippen molar-refractivity contribution in [1.82, 2.24) is 9.21 Å². The fourth-order valence-electron chi connectivity index (χ4n) is 4.80. The molecule has 11 heteroatoms. The largest absolute Gasteiger partial charge is 0.507 e. The molecule has 0 aliphatic carbocycles. The first-order valence-corrected chi connectivity index (χ1v) is 12.6. The van der Waals surface area contributed by atoms with E-state index in [1.807, 2.05) is 0 Å². The molecule has 36 heavy (non-hydrogen) atoms. The van der Waals surface area contributed by atoms with Gasteiger partial charge in [0, 0.05) is 58.2 Å². The second-order valence-corrected chi connectivity index (χ2v) is 10.9. The maximum atomic E-state index is 13.9. The van der Waals surface area contributed by atoms with Gasteiger partial charge in [-0.15, -0.1) is 0 Å². The zero-order chi connectivity index (χ0) is 26.4. The van der Waals surface area contributed by atoms with Crippen LogP contribution in [0.15, 0.2) is 59.0 Å². The number of hydrogen-bond acceptors (Lipinski definition) is 7. The fourth-order valence-corrected chi connectivity index (χ4v) is 5.75. The van der Waals surface area contributed by atoms with Crippen LogP contribution in [0.25, 0.3) is 5.76 Å². The Balaban J connectivity index is 2.01.